The molecule has 0 spiro atoms. The fraction of sp³-hybridized carbons (Fsp3) is 0.0667. The van der Waals surface area contributed by atoms with Gasteiger partial charge in [0.05, 0.1) is 22.0 Å². The van der Waals surface area contributed by atoms with E-state index in [0.717, 1.165) is 22.2 Å². The number of aromatic nitrogens is 1. The smallest absolute Gasteiger partial charge is 0.268 e. The van der Waals surface area contributed by atoms with Crippen molar-refractivity contribution >= 4 is 38.2 Å². The number of aliphatic hydroxyl groups is 1. The van der Waals surface area contributed by atoms with Crippen molar-refractivity contribution in [1.82, 2.24) is 3.97 Å². The number of rotatable bonds is 4. The van der Waals surface area contributed by atoms with Crippen LogP contribution in [0.15, 0.2) is 47.5 Å². The molecule has 0 amide bonds. The Bertz CT molecular complexity index is 1070. The molecule has 132 valence electrons. The van der Waals surface area contributed by atoms with Crippen LogP contribution < -0.4 is 5.23 Å². The summed E-state index contributed by atoms with van der Waals surface area (Å²) in [6.45, 7) is -0.433. The molecule has 2 aromatic carbocycles. The number of halogens is 2. The van der Waals surface area contributed by atoms with E-state index in [2.05, 4.69) is 0 Å². The van der Waals surface area contributed by atoms with Gasteiger partial charge in [-0.1, -0.05) is 11.6 Å². The summed E-state index contributed by atoms with van der Waals surface area (Å²) >= 11 is 5.78. The monoisotopic (exact) mass is 386 g/mol. The van der Waals surface area contributed by atoms with E-state index in [1.807, 2.05) is 0 Å². The minimum absolute atomic E-state index is 0.0467. The van der Waals surface area contributed by atoms with Crippen LogP contribution in [0.3, 0.4) is 0 Å². The minimum Gasteiger partial charge on any atom is -0.392 e. The highest BCUT2D eigenvalue weighted by atomic mass is 35.5. The highest BCUT2D eigenvalue weighted by Gasteiger charge is 2.23. The number of aliphatic hydroxyl groups excluding tert-OH is 1. The molecule has 0 unspecified atom stereocenters. The lowest BCUT2D eigenvalue weighted by molar-refractivity contribution is 0.0291. The van der Waals surface area contributed by atoms with Crippen molar-refractivity contribution in [2.75, 3.05) is 5.23 Å². The van der Waals surface area contributed by atoms with Gasteiger partial charge < -0.3 is 5.11 Å². The second-order valence-electron chi connectivity index (χ2n) is 5.18. The van der Waals surface area contributed by atoms with Gasteiger partial charge in [-0.05, 0) is 36.4 Å². The van der Waals surface area contributed by atoms with Crippen LogP contribution in [0.4, 0.5) is 10.1 Å². The Kier molecular flexibility index (Phi) is 4.43. The molecule has 7 nitrogen and oxygen atoms in total. The first kappa shape index (κ1) is 17.6. The van der Waals surface area contributed by atoms with Crippen molar-refractivity contribution in [3.63, 3.8) is 0 Å². The Hall–Kier alpha value is -2.17. The predicted molar refractivity (Wildman–Crippen MR) is 87.9 cm³/mol. The van der Waals surface area contributed by atoms with Gasteiger partial charge in [-0.3, -0.25) is 10.4 Å². The van der Waals surface area contributed by atoms with E-state index in [4.69, 9.17) is 22.0 Å². The van der Waals surface area contributed by atoms with E-state index in [1.165, 1.54) is 24.4 Å². The third-order valence-electron chi connectivity index (χ3n) is 3.68. The van der Waals surface area contributed by atoms with Crippen LogP contribution in [0.2, 0.25) is 5.02 Å². The summed E-state index contributed by atoms with van der Waals surface area (Å²) in [5, 5.41) is 27.7. The molecule has 0 bridgehead atoms. The van der Waals surface area contributed by atoms with Crippen LogP contribution in [0.25, 0.3) is 10.9 Å². The molecule has 0 radical (unpaired) electrons. The summed E-state index contributed by atoms with van der Waals surface area (Å²) in [6.07, 6.45) is 1.18. The van der Waals surface area contributed by atoms with Gasteiger partial charge >= 0.3 is 0 Å². The van der Waals surface area contributed by atoms with E-state index < -0.39 is 22.4 Å². The molecule has 0 aliphatic heterocycles. The van der Waals surface area contributed by atoms with Gasteiger partial charge in [-0.15, -0.1) is 5.23 Å². The Morgan fingerprint density at radius 2 is 1.88 bits per heavy atom. The van der Waals surface area contributed by atoms with Gasteiger partial charge in [0.25, 0.3) is 10.0 Å². The summed E-state index contributed by atoms with van der Waals surface area (Å²) in [6, 6.07) is 6.89. The number of hydrogen-bond acceptors (Lipinski definition) is 6. The normalized spacial score (nSPS) is 11.9. The van der Waals surface area contributed by atoms with Crippen LogP contribution in [0.1, 0.15) is 5.56 Å². The van der Waals surface area contributed by atoms with Gasteiger partial charge in [-0.25, -0.2) is 16.8 Å². The molecule has 0 aliphatic carbocycles. The Balaban J connectivity index is 2.27. The Labute approximate surface area is 146 Å². The highest BCUT2D eigenvalue weighted by Crippen LogP contribution is 2.31. The van der Waals surface area contributed by atoms with Crippen LogP contribution in [-0.4, -0.2) is 27.9 Å². The van der Waals surface area contributed by atoms with E-state index in [0.29, 0.717) is 10.9 Å². The standard InChI is InChI=1S/C15H12ClFN2O5S/c16-13-4-2-11(6-15(13)19(21)22)25(23,24)18-7-9(8-20)12-3-1-10(17)5-14(12)18/h1-7,20-22H,8H2. The maximum absolute atomic E-state index is 13.6. The van der Waals surface area contributed by atoms with E-state index in [1.54, 1.807) is 0 Å². The van der Waals surface area contributed by atoms with Crippen molar-refractivity contribution in [1.29, 1.82) is 0 Å². The van der Waals surface area contributed by atoms with Crippen molar-refractivity contribution in [2.45, 2.75) is 11.5 Å². The highest BCUT2D eigenvalue weighted by molar-refractivity contribution is 7.90. The average Bonchev–Trinajstić information content (AvgIpc) is 2.93. The van der Waals surface area contributed by atoms with Gasteiger partial charge in [0, 0.05) is 17.1 Å². The quantitative estimate of drug-likeness (QED) is 0.596. The van der Waals surface area contributed by atoms with Crippen molar-refractivity contribution in [3.8, 4) is 0 Å². The summed E-state index contributed by atoms with van der Waals surface area (Å²) in [5.41, 5.74) is 0.0110. The fourth-order valence-electron chi connectivity index (χ4n) is 2.48. The summed E-state index contributed by atoms with van der Waals surface area (Å²) in [7, 11) is -4.21. The predicted octanol–water partition coefficient (Wildman–Crippen LogP) is 2.75. The number of benzene rings is 2. The van der Waals surface area contributed by atoms with E-state index in [9.17, 15) is 17.9 Å². The first-order chi connectivity index (χ1) is 11.8. The van der Waals surface area contributed by atoms with Crippen molar-refractivity contribution in [3.05, 3.63) is 59.0 Å². The number of nitrogens with zero attached hydrogens (tertiary/aromatic N) is 2. The van der Waals surface area contributed by atoms with Crippen LogP contribution >= 0.6 is 11.6 Å². The van der Waals surface area contributed by atoms with Crippen LogP contribution in [0.5, 0.6) is 0 Å². The molecule has 0 saturated carbocycles. The second-order valence-corrected chi connectivity index (χ2v) is 7.40. The summed E-state index contributed by atoms with van der Waals surface area (Å²) < 4.78 is 40.2. The van der Waals surface area contributed by atoms with E-state index >= 15 is 0 Å². The molecule has 25 heavy (non-hydrogen) atoms. The lowest BCUT2D eigenvalue weighted by Crippen LogP contribution is -2.15. The zero-order chi connectivity index (χ0) is 18.4. The van der Waals surface area contributed by atoms with Crippen molar-refractivity contribution in [2.24, 2.45) is 0 Å². The molecular weight excluding hydrogens is 375 g/mol. The summed E-state index contributed by atoms with van der Waals surface area (Å²) in [4.78, 5) is -0.300. The lowest BCUT2D eigenvalue weighted by atomic mass is 10.2. The summed E-state index contributed by atoms with van der Waals surface area (Å²) in [5.74, 6) is -0.639. The van der Waals surface area contributed by atoms with Gasteiger partial charge in [0.2, 0.25) is 0 Å². The zero-order valence-electron chi connectivity index (χ0n) is 12.5. The van der Waals surface area contributed by atoms with Crippen LogP contribution in [-0.2, 0) is 16.6 Å². The van der Waals surface area contributed by atoms with Gasteiger partial charge in [0.1, 0.15) is 11.5 Å². The molecule has 0 atom stereocenters. The molecule has 3 N–H and O–H groups in total. The average molecular weight is 387 g/mol. The first-order valence-electron chi connectivity index (χ1n) is 6.89. The molecule has 0 aliphatic rings. The van der Waals surface area contributed by atoms with E-state index in [-0.39, 0.29) is 26.3 Å². The Morgan fingerprint density at radius 3 is 2.52 bits per heavy atom. The zero-order valence-corrected chi connectivity index (χ0v) is 14.0. The molecule has 0 saturated heterocycles. The largest absolute Gasteiger partial charge is 0.392 e. The molecule has 1 heterocycles. The molecule has 1 aromatic heterocycles. The number of hydrogen-bond donors (Lipinski definition) is 3. The lowest BCUT2D eigenvalue weighted by Gasteiger charge is -2.13. The maximum Gasteiger partial charge on any atom is 0.268 e. The van der Waals surface area contributed by atoms with Gasteiger partial charge in [-0.2, -0.15) is 0 Å². The van der Waals surface area contributed by atoms with Crippen LogP contribution in [0, 0.1) is 5.82 Å². The Morgan fingerprint density at radius 1 is 1.16 bits per heavy atom. The third-order valence-corrected chi connectivity index (χ3v) is 5.67. The molecular formula is C15H12ClFN2O5S. The topological polar surface area (TPSA) is 103 Å². The first-order valence-corrected chi connectivity index (χ1v) is 8.71. The fourth-order valence-corrected chi connectivity index (χ4v) is 4.08. The SMILES string of the molecule is O=S(=O)(c1ccc(Cl)c(N(O)O)c1)n1cc(CO)c2ccc(F)cc21. The molecule has 3 rings (SSSR count). The molecule has 3 aromatic rings. The molecule has 0 fully saturated rings. The van der Waals surface area contributed by atoms with Gasteiger partial charge in [0.15, 0.2) is 0 Å². The third kappa shape index (κ3) is 2.96. The molecule has 10 heteroatoms. The minimum atomic E-state index is -4.21. The van der Waals surface area contributed by atoms with Crippen molar-refractivity contribution < 1.29 is 28.3 Å². The maximum atomic E-state index is 13.6. The second kappa shape index (κ2) is 6.28. The number of fused-ring (bicyclic) bond motifs is 1. The number of anilines is 1.